The summed E-state index contributed by atoms with van der Waals surface area (Å²) in [5.74, 6) is 0.583. The van der Waals surface area contributed by atoms with Gasteiger partial charge in [0.15, 0.2) is 5.82 Å². The summed E-state index contributed by atoms with van der Waals surface area (Å²) < 4.78 is 5.03. The normalized spacial score (nSPS) is 12.4. The molecule has 0 N–H and O–H groups in total. The zero-order chi connectivity index (χ0) is 13.3. The lowest BCUT2D eigenvalue weighted by Crippen LogP contribution is -1.91. The Morgan fingerprint density at radius 1 is 1.44 bits per heavy atom. The third kappa shape index (κ3) is 2.48. The van der Waals surface area contributed by atoms with Gasteiger partial charge < -0.3 is 4.52 Å². The van der Waals surface area contributed by atoms with E-state index in [0.717, 1.165) is 5.56 Å². The largest absolute Gasteiger partial charge is 0.334 e. The zero-order valence-corrected chi connectivity index (χ0v) is 10.5. The highest BCUT2D eigenvalue weighted by Crippen LogP contribution is 2.26. The van der Waals surface area contributed by atoms with Crippen molar-refractivity contribution in [3.05, 3.63) is 39.7 Å². The van der Waals surface area contributed by atoms with E-state index in [-0.39, 0.29) is 17.0 Å². The molecule has 0 fully saturated rings. The number of rotatable bonds is 3. The summed E-state index contributed by atoms with van der Waals surface area (Å²) in [5.41, 5.74) is 1.25. The van der Waals surface area contributed by atoms with Crippen molar-refractivity contribution in [1.82, 2.24) is 10.1 Å². The SMILES string of the molecule is Cc1cc(-c2nc(C(C)Cl)no2)cc([N+](=O)[O-])c1. The highest BCUT2D eigenvalue weighted by molar-refractivity contribution is 6.20. The third-order valence-corrected chi connectivity index (χ3v) is 2.51. The van der Waals surface area contributed by atoms with Gasteiger partial charge in [0.05, 0.1) is 10.3 Å². The fourth-order valence-electron chi connectivity index (χ4n) is 1.51. The number of nitrogens with zero attached hydrogens (tertiary/aromatic N) is 3. The molecular weight excluding hydrogens is 258 g/mol. The molecule has 0 amide bonds. The van der Waals surface area contributed by atoms with E-state index in [9.17, 15) is 10.1 Å². The Kier molecular flexibility index (Phi) is 3.29. The number of aromatic nitrogens is 2. The number of halogens is 1. The van der Waals surface area contributed by atoms with Crippen LogP contribution in [0.3, 0.4) is 0 Å². The van der Waals surface area contributed by atoms with Gasteiger partial charge in [-0.2, -0.15) is 4.98 Å². The molecule has 0 aliphatic rings. The first-order valence-corrected chi connectivity index (χ1v) is 5.65. The molecule has 0 aliphatic heterocycles. The summed E-state index contributed by atoms with van der Waals surface area (Å²) in [4.78, 5) is 14.4. The second-order valence-electron chi connectivity index (χ2n) is 3.89. The Morgan fingerprint density at radius 3 is 2.72 bits per heavy atom. The lowest BCUT2D eigenvalue weighted by atomic mass is 10.1. The molecule has 6 nitrogen and oxygen atoms in total. The molecule has 94 valence electrons. The Balaban J connectivity index is 2.46. The van der Waals surface area contributed by atoms with Crippen LogP contribution in [0.5, 0.6) is 0 Å². The van der Waals surface area contributed by atoms with Crippen molar-refractivity contribution in [2.24, 2.45) is 0 Å². The molecule has 7 heteroatoms. The van der Waals surface area contributed by atoms with Crippen LogP contribution in [-0.4, -0.2) is 15.1 Å². The smallest absolute Gasteiger partial charge is 0.270 e. The number of nitro benzene ring substituents is 1. The minimum Gasteiger partial charge on any atom is -0.334 e. The number of hydrogen-bond donors (Lipinski definition) is 0. The molecule has 0 saturated carbocycles. The monoisotopic (exact) mass is 267 g/mol. The van der Waals surface area contributed by atoms with Crippen molar-refractivity contribution in [3.8, 4) is 11.5 Å². The van der Waals surface area contributed by atoms with Gasteiger partial charge in [0.25, 0.3) is 11.6 Å². The zero-order valence-electron chi connectivity index (χ0n) is 9.75. The standard InChI is InChI=1S/C11H10ClN3O3/c1-6-3-8(5-9(4-6)15(16)17)11-13-10(7(2)12)14-18-11/h3-5,7H,1-2H3. The summed E-state index contributed by atoms with van der Waals surface area (Å²) >= 11 is 5.82. The van der Waals surface area contributed by atoms with Crippen molar-refractivity contribution < 1.29 is 9.45 Å². The van der Waals surface area contributed by atoms with Crippen molar-refractivity contribution >= 4 is 17.3 Å². The van der Waals surface area contributed by atoms with Gasteiger partial charge in [0.2, 0.25) is 0 Å². The van der Waals surface area contributed by atoms with Gasteiger partial charge >= 0.3 is 0 Å². The second kappa shape index (κ2) is 4.73. The second-order valence-corrected chi connectivity index (χ2v) is 4.54. The molecule has 0 bridgehead atoms. The predicted molar refractivity (Wildman–Crippen MR) is 65.4 cm³/mol. The summed E-state index contributed by atoms with van der Waals surface area (Å²) in [6.07, 6.45) is 0. The number of hydrogen-bond acceptors (Lipinski definition) is 5. The van der Waals surface area contributed by atoms with Gasteiger partial charge in [-0.1, -0.05) is 5.16 Å². The molecule has 1 heterocycles. The maximum absolute atomic E-state index is 10.8. The fraction of sp³-hybridized carbons (Fsp3) is 0.273. The van der Waals surface area contributed by atoms with E-state index in [1.54, 1.807) is 19.9 Å². The first-order valence-electron chi connectivity index (χ1n) is 5.21. The molecule has 1 aromatic carbocycles. The Bertz CT molecular complexity index is 595. The fourth-order valence-corrected chi connectivity index (χ4v) is 1.59. The van der Waals surface area contributed by atoms with Crippen LogP contribution in [0.1, 0.15) is 23.7 Å². The molecule has 0 aliphatic carbocycles. The number of alkyl halides is 1. The van der Waals surface area contributed by atoms with Crippen LogP contribution in [-0.2, 0) is 0 Å². The van der Waals surface area contributed by atoms with E-state index >= 15 is 0 Å². The highest BCUT2D eigenvalue weighted by atomic mass is 35.5. The van der Waals surface area contributed by atoms with Crippen LogP contribution in [0.4, 0.5) is 5.69 Å². The van der Waals surface area contributed by atoms with Gasteiger partial charge in [-0.25, -0.2) is 0 Å². The van der Waals surface area contributed by atoms with E-state index in [2.05, 4.69) is 10.1 Å². The summed E-state index contributed by atoms with van der Waals surface area (Å²) in [6, 6.07) is 4.61. The Morgan fingerprint density at radius 2 is 2.17 bits per heavy atom. The lowest BCUT2D eigenvalue weighted by molar-refractivity contribution is -0.384. The topological polar surface area (TPSA) is 82.1 Å². The molecule has 0 radical (unpaired) electrons. The first kappa shape index (κ1) is 12.5. The number of nitro groups is 1. The van der Waals surface area contributed by atoms with Crippen molar-refractivity contribution in [2.75, 3.05) is 0 Å². The molecule has 1 unspecified atom stereocenters. The van der Waals surface area contributed by atoms with Crippen molar-refractivity contribution in [2.45, 2.75) is 19.2 Å². The van der Waals surface area contributed by atoms with Crippen LogP contribution in [0, 0.1) is 17.0 Å². The molecule has 0 spiro atoms. The minimum atomic E-state index is -0.460. The third-order valence-electron chi connectivity index (χ3n) is 2.32. The van der Waals surface area contributed by atoms with E-state index in [1.165, 1.54) is 12.1 Å². The van der Waals surface area contributed by atoms with Gasteiger partial charge in [0, 0.05) is 17.7 Å². The number of aryl methyl sites for hydroxylation is 1. The summed E-state index contributed by atoms with van der Waals surface area (Å²) in [7, 11) is 0. The van der Waals surface area contributed by atoms with E-state index < -0.39 is 4.92 Å². The summed E-state index contributed by atoms with van der Waals surface area (Å²) in [5, 5.41) is 14.1. The number of non-ortho nitro benzene ring substituents is 1. The molecule has 2 aromatic rings. The molecular formula is C11H10ClN3O3. The molecule has 2 rings (SSSR count). The van der Waals surface area contributed by atoms with Crippen LogP contribution < -0.4 is 0 Å². The average molecular weight is 268 g/mol. The molecule has 18 heavy (non-hydrogen) atoms. The lowest BCUT2D eigenvalue weighted by Gasteiger charge is -1.98. The van der Waals surface area contributed by atoms with Gasteiger partial charge in [-0.05, 0) is 25.5 Å². The van der Waals surface area contributed by atoms with E-state index in [1.807, 2.05) is 0 Å². The minimum absolute atomic E-state index is 0.0105. The first-order chi connectivity index (χ1) is 8.47. The van der Waals surface area contributed by atoms with Crippen LogP contribution in [0.25, 0.3) is 11.5 Å². The maximum Gasteiger partial charge on any atom is 0.270 e. The van der Waals surface area contributed by atoms with E-state index in [0.29, 0.717) is 11.4 Å². The van der Waals surface area contributed by atoms with Gasteiger partial charge in [-0.3, -0.25) is 10.1 Å². The predicted octanol–water partition coefficient (Wildman–Crippen LogP) is 3.25. The van der Waals surface area contributed by atoms with Crippen molar-refractivity contribution in [1.29, 1.82) is 0 Å². The van der Waals surface area contributed by atoms with Gasteiger partial charge in [0.1, 0.15) is 0 Å². The number of benzene rings is 1. The summed E-state index contributed by atoms with van der Waals surface area (Å²) in [6.45, 7) is 3.48. The van der Waals surface area contributed by atoms with Crippen LogP contribution in [0.15, 0.2) is 22.7 Å². The quantitative estimate of drug-likeness (QED) is 0.484. The molecule has 1 atom stereocenters. The highest BCUT2D eigenvalue weighted by Gasteiger charge is 2.16. The van der Waals surface area contributed by atoms with E-state index in [4.69, 9.17) is 16.1 Å². The maximum atomic E-state index is 10.8. The van der Waals surface area contributed by atoms with Crippen LogP contribution >= 0.6 is 11.6 Å². The average Bonchev–Trinajstić information content (AvgIpc) is 2.77. The van der Waals surface area contributed by atoms with Gasteiger partial charge in [-0.15, -0.1) is 11.6 Å². The Hall–Kier alpha value is -1.95. The molecule has 1 aromatic heterocycles. The molecule has 0 saturated heterocycles. The Labute approximate surface area is 108 Å². The van der Waals surface area contributed by atoms with Crippen molar-refractivity contribution in [3.63, 3.8) is 0 Å². The van der Waals surface area contributed by atoms with Crippen LogP contribution in [0.2, 0.25) is 0 Å².